The van der Waals surface area contributed by atoms with E-state index in [0.29, 0.717) is 12.4 Å². The Morgan fingerprint density at radius 2 is 1.96 bits per heavy atom. The van der Waals surface area contributed by atoms with Gasteiger partial charge in [0.05, 0.1) is 19.0 Å². The van der Waals surface area contributed by atoms with Crippen molar-refractivity contribution in [2.75, 3.05) is 20.2 Å². The summed E-state index contributed by atoms with van der Waals surface area (Å²) in [6, 6.07) is -0.666. The van der Waals surface area contributed by atoms with Gasteiger partial charge in [0, 0.05) is 4.88 Å². The van der Waals surface area contributed by atoms with Gasteiger partial charge in [0.25, 0.3) is 5.56 Å². The molecule has 1 aliphatic heterocycles. The number of carbonyl (C=O) groups excluding carboxylic acids is 1. The van der Waals surface area contributed by atoms with Crippen LogP contribution in [0, 0.1) is 0 Å². The molecule has 2 aromatic rings. The highest BCUT2D eigenvalue weighted by molar-refractivity contribution is 7.18. The third kappa shape index (κ3) is 2.97. The van der Waals surface area contributed by atoms with Crippen molar-refractivity contribution >= 4 is 27.5 Å². The molecule has 1 saturated heterocycles. The number of aryl methyl sites for hydroxylation is 2. The van der Waals surface area contributed by atoms with Crippen molar-refractivity contribution in [3.05, 3.63) is 26.6 Å². The van der Waals surface area contributed by atoms with Crippen molar-refractivity contribution in [3.8, 4) is 0 Å². The summed E-state index contributed by atoms with van der Waals surface area (Å²) in [5.41, 5.74) is 1.08. The molecule has 4 rings (SSSR count). The molecule has 3 heterocycles. The number of nitrogens with zero attached hydrogens (tertiary/aromatic N) is 3. The molecule has 7 heteroatoms. The Hall–Kier alpha value is -1.73. The second-order valence-corrected chi connectivity index (χ2v) is 8.36. The van der Waals surface area contributed by atoms with Crippen molar-refractivity contribution in [2.24, 2.45) is 0 Å². The summed E-state index contributed by atoms with van der Waals surface area (Å²) in [7, 11) is 1.36. The second kappa shape index (κ2) is 7.12. The lowest BCUT2D eigenvalue weighted by Gasteiger charge is -2.21. The summed E-state index contributed by atoms with van der Waals surface area (Å²) < 4.78 is 6.49. The van der Waals surface area contributed by atoms with Gasteiger partial charge in [-0.1, -0.05) is 0 Å². The Balaban J connectivity index is 1.89. The first-order chi connectivity index (χ1) is 12.6. The van der Waals surface area contributed by atoms with Gasteiger partial charge >= 0.3 is 5.97 Å². The quantitative estimate of drug-likeness (QED) is 0.769. The van der Waals surface area contributed by atoms with Gasteiger partial charge in [-0.25, -0.2) is 9.78 Å². The van der Waals surface area contributed by atoms with E-state index >= 15 is 0 Å². The molecule has 6 nitrogen and oxygen atoms in total. The van der Waals surface area contributed by atoms with Crippen LogP contribution >= 0.6 is 11.3 Å². The van der Waals surface area contributed by atoms with Gasteiger partial charge in [0.1, 0.15) is 16.7 Å². The van der Waals surface area contributed by atoms with Crippen LogP contribution in [0.4, 0.5) is 0 Å². The zero-order valence-corrected chi connectivity index (χ0v) is 16.2. The van der Waals surface area contributed by atoms with Crippen LogP contribution in [0.1, 0.15) is 54.9 Å². The van der Waals surface area contributed by atoms with E-state index in [1.54, 1.807) is 22.8 Å². The zero-order chi connectivity index (χ0) is 18.3. The number of aromatic nitrogens is 2. The number of fused-ring (bicyclic) bond motifs is 3. The lowest BCUT2D eigenvalue weighted by atomic mass is 9.97. The van der Waals surface area contributed by atoms with Crippen molar-refractivity contribution < 1.29 is 9.53 Å². The van der Waals surface area contributed by atoms with Gasteiger partial charge in [-0.05, 0) is 64.1 Å². The highest BCUT2D eigenvalue weighted by Crippen LogP contribution is 2.34. The van der Waals surface area contributed by atoms with Gasteiger partial charge in [0.15, 0.2) is 0 Å². The molecule has 0 saturated carbocycles. The fraction of sp³-hybridized carbons (Fsp3) is 0.632. The third-order valence-corrected chi connectivity index (χ3v) is 6.77. The fourth-order valence-corrected chi connectivity index (χ4v) is 5.46. The van der Waals surface area contributed by atoms with Crippen LogP contribution < -0.4 is 5.56 Å². The van der Waals surface area contributed by atoms with E-state index in [-0.39, 0.29) is 5.56 Å². The topological polar surface area (TPSA) is 64.4 Å². The normalized spacial score (nSPS) is 18.8. The van der Waals surface area contributed by atoms with Crippen LogP contribution in [0.3, 0.4) is 0 Å². The second-order valence-electron chi connectivity index (χ2n) is 7.28. The van der Waals surface area contributed by atoms with Crippen LogP contribution in [-0.2, 0) is 28.9 Å². The average Bonchev–Trinajstić information content (AvgIpc) is 3.27. The molecule has 1 fully saturated rings. The summed E-state index contributed by atoms with van der Waals surface area (Å²) >= 11 is 1.66. The Bertz CT molecular complexity index is 896. The van der Waals surface area contributed by atoms with Gasteiger partial charge in [-0.15, -0.1) is 11.3 Å². The molecule has 2 aliphatic rings. The van der Waals surface area contributed by atoms with Crippen LogP contribution in [0.15, 0.2) is 4.79 Å². The van der Waals surface area contributed by atoms with Crippen LogP contribution in [0.5, 0.6) is 0 Å². The maximum atomic E-state index is 13.4. The number of hydrogen-bond donors (Lipinski definition) is 0. The third-order valence-electron chi connectivity index (χ3n) is 5.59. The standard InChI is InChI=1S/C19H25N3O3S/c1-12(19(24)25-2)22-15(11-21-9-5-6-10-21)20-17-16(18(22)23)13-7-3-4-8-14(13)26-17/h12H,3-11H2,1-2H3. The van der Waals surface area contributed by atoms with E-state index < -0.39 is 12.0 Å². The molecule has 2 aromatic heterocycles. The van der Waals surface area contributed by atoms with Crippen molar-refractivity contribution in [1.82, 2.24) is 14.5 Å². The number of methoxy groups -OCH3 is 1. The Labute approximate surface area is 156 Å². The molecule has 26 heavy (non-hydrogen) atoms. The SMILES string of the molecule is COC(=O)C(C)n1c(CN2CCCC2)nc2sc3c(c2c1=O)CCCC3. The number of rotatable bonds is 4. The molecule has 1 atom stereocenters. The van der Waals surface area contributed by atoms with E-state index in [1.807, 2.05) is 0 Å². The summed E-state index contributed by atoms with van der Waals surface area (Å²) in [6.07, 6.45) is 6.60. The largest absolute Gasteiger partial charge is 0.467 e. The molecule has 0 bridgehead atoms. The molecule has 0 N–H and O–H groups in total. The number of thiophene rings is 1. The van der Waals surface area contributed by atoms with Gasteiger partial charge < -0.3 is 4.74 Å². The maximum absolute atomic E-state index is 13.4. The van der Waals surface area contributed by atoms with Gasteiger partial charge in [-0.3, -0.25) is 14.3 Å². The van der Waals surface area contributed by atoms with E-state index in [2.05, 4.69) is 4.90 Å². The molecule has 1 unspecified atom stereocenters. The molecular weight excluding hydrogens is 350 g/mol. The van der Waals surface area contributed by atoms with Crippen molar-refractivity contribution in [1.29, 1.82) is 0 Å². The number of esters is 1. The molecule has 0 radical (unpaired) electrons. The minimum Gasteiger partial charge on any atom is -0.467 e. The van der Waals surface area contributed by atoms with E-state index in [0.717, 1.165) is 48.1 Å². The lowest BCUT2D eigenvalue weighted by molar-refractivity contribution is -0.144. The number of ether oxygens (including phenoxy) is 1. The predicted molar refractivity (Wildman–Crippen MR) is 102 cm³/mol. The smallest absolute Gasteiger partial charge is 0.328 e. The maximum Gasteiger partial charge on any atom is 0.328 e. The molecule has 1 aliphatic carbocycles. The molecular formula is C19H25N3O3S. The fourth-order valence-electron chi connectivity index (χ4n) is 4.19. The molecule has 0 amide bonds. The molecule has 0 aromatic carbocycles. The van der Waals surface area contributed by atoms with Gasteiger partial charge in [0.2, 0.25) is 0 Å². The summed E-state index contributed by atoms with van der Waals surface area (Å²) in [4.78, 5) is 34.9. The summed E-state index contributed by atoms with van der Waals surface area (Å²) in [6.45, 7) is 4.37. The van der Waals surface area contributed by atoms with E-state index in [4.69, 9.17) is 9.72 Å². The number of likely N-dealkylation sites (tertiary alicyclic amines) is 1. The van der Waals surface area contributed by atoms with Crippen molar-refractivity contribution in [3.63, 3.8) is 0 Å². The first-order valence-corrected chi connectivity index (χ1v) is 10.3. The highest BCUT2D eigenvalue weighted by Gasteiger charge is 2.27. The first-order valence-electron chi connectivity index (χ1n) is 9.46. The summed E-state index contributed by atoms with van der Waals surface area (Å²) in [5.74, 6) is 0.279. The Kier molecular flexibility index (Phi) is 4.84. The van der Waals surface area contributed by atoms with Gasteiger partial charge in [-0.2, -0.15) is 0 Å². The number of hydrogen-bond acceptors (Lipinski definition) is 6. The van der Waals surface area contributed by atoms with Crippen LogP contribution in [0.2, 0.25) is 0 Å². The monoisotopic (exact) mass is 375 g/mol. The highest BCUT2D eigenvalue weighted by atomic mass is 32.1. The molecule has 0 spiro atoms. The zero-order valence-electron chi connectivity index (χ0n) is 15.4. The van der Waals surface area contributed by atoms with E-state index in [9.17, 15) is 9.59 Å². The van der Waals surface area contributed by atoms with Crippen LogP contribution in [0.25, 0.3) is 10.2 Å². The molecule has 140 valence electrons. The minimum absolute atomic E-state index is 0.0819. The predicted octanol–water partition coefficient (Wildman–Crippen LogP) is 2.67. The minimum atomic E-state index is -0.666. The Morgan fingerprint density at radius 1 is 1.23 bits per heavy atom. The summed E-state index contributed by atoms with van der Waals surface area (Å²) in [5, 5.41) is 0.727. The average molecular weight is 375 g/mol. The number of carbonyl (C=O) groups is 1. The lowest BCUT2D eigenvalue weighted by Crippen LogP contribution is -2.35. The van der Waals surface area contributed by atoms with Crippen molar-refractivity contribution in [2.45, 2.75) is 58.0 Å². The van der Waals surface area contributed by atoms with Crippen LogP contribution in [-0.4, -0.2) is 40.6 Å². The van der Waals surface area contributed by atoms with E-state index in [1.165, 1.54) is 31.2 Å². The Morgan fingerprint density at radius 3 is 2.69 bits per heavy atom. The first kappa shape index (κ1) is 17.7.